The summed E-state index contributed by atoms with van der Waals surface area (Å²) >= 11 is 3.48. The monoisotopic (exact) mass is 338 g/mol. The molecule has 0 saturated carbocycles. The van der Waals surface area contributed by atoms with Crippen LogP contribution in [-0.2, 0) is 16.0 Å². The van der Waals surface area contributed by atoms with Crippen LogP contribution in [0.3, 0.4) is 0 Å². The zero-order valence-electron chi connectivity index (χ0n) is 8.45. The van der Waals surface area contributed by atoms with Crippen LogP contribution in [0.2, 0.25) is 0 Å². The molecule has 3 nitrogen and oxygen atoms in total. The molecule has 1 atom stereocenters. The van der Waals surface area contributed by atoms with Gasteiger partial charge in [-0.15, -0.1) is 11.3 Å². The van der Waals surface area contributed by atoms with Gasteiger partial charge in [0.15, 0.2) is 5.78 Å². The van der Waals surface area contributed by atoms with E-state index in [2.05, 4.69) is 4.74 Å². The van der Waals surface area contributed by atoms with Crippen LogP contribution in [0.25, 0.3) is 0 Å². The van der Waals surface area contributed by atoms with Gasteiger partial charge in [-0.1, -0.05) is 22.6 Å². The Balaban J connectivity index is 2.65. The van der Waals surface area contributed by atoms with Crippen LogP contribution in [-0.4, -0.2) is 22.8 Å². The number of hydrogen-bond acceptors (Lipinski definition) is 4. The van der Waals surface area contributed by atoms with Gasteiger partial charge >= 0.3 is 5.97 Å². The van der Waals surface area contributed by atoms with Gasteiger partial charge in [0.1, 0.15) is 3.92 Å². The number of Topliss-reactive ketones (excluding diaryl/α,β-unsaturated/α-hetero) is 1. The number of ether oxygens (including phenoxy) is 1. The van der Waals surface area contributed by atoms with E-state index in [9.17, 15) is 9.59 Å². The number of rotatable bonds is 4. The summed E-state index contributed by atoms with van der Waals surface area (Å²) in [6, 6.07) is 3.68. The first-order chi connectivity index (χ1) is 7.04. The number of thiophene rings is 1. The predicted molar refractivity (Wildman–Crippen MR) is 67.9 cm³/mol. The summed E-state index contributed by atoms with van der Waals surface area (Å²) in [5, 5.41) is 0. The molecular weight excluding hydrogens is 327 g/mol. The zero-order valence-corrected chi connectivity index (χ0v) is 11.4. The van der Waals surface area contributed by atoms with Crippen molar-refractivity contribution >= 4 is 45.7 Å². The maximum atomic E-state index is 11.2. The molecule has 1 heterocycles. The Morgan fingerprint density at radius 1 is 1.53 bits per heavy atom. The molecule has 0 aliphatic heterocycles. The molecule has 0 amide bonds. The molecular formula is C10H11IO3S. The Hall–Kier alpha value is -0.430. The fourth-order valence-corrected chi connectivity index (χ4v) is 3.04. The van der Waals surface area contributed by atoms with Gasteiger partial charge in [-0.2, -0.15) is 0 Å². The standard InChI is InChI=1S/C10H11IO3S/c1-6(12)9-4-3-7(15-9)5-8(11)10(13)14-2/h3-4,8H,5H2,1-2H3. The highest BCUT2D eigenvalue weighted by atomic mass is 127. The number of hydrogen-bond donors (Lipinski definition) is 0. The van der Waals surface area contributed by atoms with E-state index in [0.717, 1.165) is 9.75 Å². The second-order valence-electron chi connectivity index (χ2n) is 3.02. The summed E-state index contributed by atoms with van der Waals surface area (Å²) in [4.78, 5) is 24.0. The number of carbonyl (C=O) groups is 2. The molecule has 5 heteroatoms. The molecule has 0 spiro atoms. The lowest BCUT2D eigenvalue weighted by Crippen LogP contribution is -2.17. The molecule has 0 bridgehead atoms. The van der Waals surface area contributed by atoms with Crippen molar-refractivity contribution in [2.45, 2.75) is 17.3 Å². The number of esters is 1. The minimum Gasteiger partial charge on any atom is -0.468 e. The molecule has 82 valence electrons. The topological polar surface area (TPSA) is 43.4 Å². The van der Waals surface area contributed by atoms with Gasteiger partial charge in [0.2, 0.25) is 0 Å². The van der Waals surface area contributed by atoms with Crippen LogP contribution in [0.5, 0.6) is 0 Å². The van der Waals surface area contributed by atoms with E-state index in [1.165, 1.54) is 25.4 Å². The largest absolute Gasteiger partial charge is 0.468 e. The summed E-state index contributed by atoms with van der Waals surface area (Å²) in [6.07, 6.45) is 0.616. The fourth-order valence-electron chi connectivity index (χ4n) is 1.06. The van der Waals surface area contributed by atoms with E-state index in [-0.39, 0.29) is 15.7 Å². The minimum absolute atomic E-state index is 0.0642. The number of methoxy groups -OCH3 is 1. The number of carbonyl (C=O) groups excluding carboxylic acids is 2. The van der Waals surface area contributed by atoms with Crippen molar-refractivity contribution in [3.8, 4) is 0 Å². The van der Waals surface area contributed by atoms with Crippen molar-refractivity contribution in [2.24, 2.45) is 0 Å². The number of halogens is 1. The van der Waals surface area contributed by atoms with Crippen LogP contribution in [0, 0.1) is 0 Å². The zero-order chi connectivity index (χ0) is 11.4. The third-order valence-corrected chi connectivity index (χ3v) is 4.00. The molecule has 0 aromatic carbocycles. The lowest BCUT2D eigenvalue weighted by molar-refractivity contribution is -0.139. The summed E-state index contributed by atoms with van der Waals surface area (Å²) in [5.74, 6) is -0.164. The SMILES string of the molecule is COC(=O)C(I)Cc1ccc(C(C)=O)s1. The Kier molecular flexibility index (Phi) is 4.72. The van der Waals surface area contributed by atoms with Crippen LogP contribution in [0.4, 0.5) is 0 Å². The van der Waals surface area contributed by atoms with Crippen LogP contribution >= 0.6 is 33.9 Å². The first kappa shape index (κ1) is 12.6. The lowest BCUT2D eigenvalue weighted by atomic mass is 10.2. The molecule has 0 radical (unpaired) electrons. The van der Waals surface area contributed by atoms with Crippen molar-refractivity contribution in [2.75, 3.05) is 7.11 Å². The summed E-state index contributed by atoms with van der Waals surface area (Å²) in [7, 11) is 1.38. The van der Waals surface area contributed by atoms with E-state index in [1.807, 2.05) is 28.7 Å². The van der Waals surface area contributed by atoms with Gasteiger partial charge in [0.25, 0.3) is 0 Å². The third-order valence-electron chi connectivity index (χ3n) is 1.85. The molecule has 0 aliphatic carbocycles. The molecule has 0 saturated heterocycles. The maximum absolute atomic E-state index is 11.2. The number of ketones is 1. The highest BCUT2D eigenvalue weighted by Crippen LogP contribution is 2.21. The van der Waals surface area contributed by atoms with Crippen LogP contribution in [0.1, 0.15) is 21.5 Å². The average Bonchev–Trinajstić information content (AvgIpc) is 2.65. The van der Waals surface area contributed by atoms with E-state index >= 15 is 0 Å². The summed E-state index contributed by atoms with van der Waals surface area (Å²) < 4.78 is 4.44. The first-order valence-corrected chi connectivity index (χ1v) is 6.42. The Morgan fingerprint density at radius 3 is 2.67 bits per heavy atom. The average molecular weight is 338 g/mol. The molecule has 1 rings (SSSR count). The van der Waals surface area contributed by atoms with Crippen molar-refractivity contribution < 1.29 is 14.3 Å². The highest BCUT2D eigenvalue weighted by molar-refractivity contribution is 14.1. The van der Waals surface area contributed by atoms with Crippen molar-refractivity contribution in [1.82, 2.24) is 0 Å². The van der Waals surface area contributed by atoms with Crippen molar-refractivity contribution in [3.63, 3.8) is 0 Å². The van der Waals surface area contributed by atoms with E-state index in [0.29, 0.717) is 6.42 Å². The normalized spacial score (nSPS) is 12.2. The molecule has 0 N–H and O–H groups in total. The van der Waals surface area contributed by atoms with Gasteiger partial charge < -0.3 is 4.74 Å². The summed E-state index contributed by atoms with van der Waals surface area (Å²) in [5.41, 5.74) is 0. The van der Waals surface area contributed by atoms with Crippen molar-refractivity contribution in [3.05, 3.63) is 21.9 Å². The van der Waals surface area contributed by atoms with Crippen molar-refractivity contribution in [1.29, 1.82) is 0 Å². The van der Waals surface area contributed by atoms with Crippen LogP contribution < -0.4 is 0 Å². The molecule has 1 aromatic heterocycles. The van der Waals surface area contributed by atoms with Gasteiger partial charge in [-0.05, 0) is 19.1 Å². The first-order valence-electron chi connectivity index (χ1n) is 4.36. The predicted octanol–water partition coefficient (Wildman–Crippen LogP) is 2.47. The van der Waals surface area contributed by atoms with Gasteiger partial charge in [0, 0.05) is 11.3 Å². The molecule has 0 aliphatic rings. The number of alkyl halides is 1. The van der Waals surface area contributed by atoms with E-state index in [1.54, 1.807) is 6.07 Å². The van der Waals surface area contributed by atoms with Gasteiger partial charge in [-0.25, -0.2) is 0 Å². The maximum Gasteiger partial charge on any atom is 0.318 e. The minimum atomic E-state index is -0.228. The molecule has 15 heavy (non-hydrogen) atoms. The molecule has 0 fully saturated rings. The molecule has 1 unspecified atom stereocenters. The van der Waals surface area contributed by atoms with E-state index < -0.39 is 0 Å². The highest BCUT2D eigenvalue weighted by Gasteiger charge is 2.17. The third kappa shape index (κ3) is 3.57. The van der Waals surface area contributed by atoms with E-state index in [4.69, 9.17) is 0 Å². The van der Waals surface area contributed by atoms with Gasteiger partial charge in [0.05, 0.1) is 12.0 Å². The Morgan fingerprint density at radius 2 is 2.20 bits per heavy atom. The van der Waals surface area contributed by atoms with Crippen LogP contribution in [0.15, 0.2) is 12.1 Å². The smallest absolute Gasteiger partial charge is 0.318 e. The Bertz CT molecular complexity index is 372. The summed E-state index contributed by atoms with van der Waals surface area (Å²) in [6.45, 7) is 1.54. The lowest BCUT2D eigenvalue weighted by Gasteiger charge is -2.04. The second kappa shape index (κ2) is 5.60. The second-order valence-corrected chi connectivity index (χ2v) is 5.69. The quantitative estimate of drug-likeness (QED) is 0.367. The fraction of sp³-hybridized carbons (Fsp3) is 0.400. The Labute approximate surface area is 106 Å². The molecule has 1 aromatic rings. The van der Waals surface area contributed by atoms with Gasteiger partial charge in [-0.3, -0.25) is 9.59 Å².